The molecule has 33 heavy (non-hydrogen) atoms. The fourth-order valence-corrected chi connectivity index (χ4v) is 3.50. The fourth-order valence-electron chi connectivity index (χ4n) is 3.50. The Labute approximate surface area is 184 Å². The van der Waals surface area contributed by atoms with Crippen LogP contribution >= 0.6 is 0 Å². The summed E-state index contributed by atoms with van der Waals surface area (Å²) in [7, 11) is 0. The summed E-state index contributed by atoms with van der Waals surface area (Å²) in [5, 5.41) is 0. The highest BCUT2D eigenvalue weighted by Crippen LogP contribution is 2.39. The second kappa shape index (κ2) is 9.70. The van der Waals surface area contributed by atoms with Crippen LogP contribution in [0.5, 0.6) is 5.75 Å². The van der Waals surface area contributed by atoms with Crippen LogP contribution in [0.2, 0.25) is 0 Å². The predicted molar refractivity (Wildman–Crippen MR) is 103 cm³/mol. The van der Waals surface area contributed by atoms with Gasteiger partial charge in [0.15, 0.2) is 17.5 Å². The second-order valence-corrected chi connectivity index (χ2v) is 7.64. The van der Waals surface area contributed by atoms with Gasteiger partial charge in [0.25, 0.3) is 0 Å². The van der Waals surface area contributed by atoms with Crippen molar-refractivity contribution in [3.05, 3.63) is 76.4 Å². The number of halogens is 8. The average molecular weight is 480 g/mol. The SMILES string of the molecule is CCCc1ccc(C(F)(F)OC2CC=C(C(F)(F)Oc3cc(F)c(F)c(F)c3)CC2)c(F)c1. The van der Waals surface area contributed by atoms with Gasteiger partial charge in [-0.05, 0) is 43.4 Å². The van der Waals surface area contributed by atoms with Crippen molar-refractivity contribution in [2.45, 2.75) is 57.3 Å². The van der Waals surface area contributed by atoms with Gasteiger partial charge in [0, 0.05) is 17.7 Å². The Hall–Kier alpha value is -2.62. The average Bonchev–Trinajstić information content (AvgIpc) is 2.72. The van der Waals surface area contributed by atoms with Gasteiger partial charge in [0.05, 0.1) is 11.7 Å². The third-order valence-corrected chi connectivity index (χ3v) is 5.14. The Bertz CT molecular complexity index is 1010. The molecule has 0 heterocycles. The molecule has 180 valence electrons. The molecule has 0 amide bonds. The molecule has 2 aromatic rings. The minimum atomic E-state index is -4.02. The molecule has 1 aliphatic carbocycles. The van der Waals surface area contributed by atoms with Crippen LogP contribution in [0.1, 0.15) is 43.7 Å². The van der Waals surface area contributed by atoms with Crippen LogP contribution in [-0.4, -0.2) is 12.2 Å². The van der Waals surface area contributed by atoms with Crippen LogP contribution in [0.25, 0.3) is 0 Å². The lowest BCUT2D eigenvalue weighted by molar-refractivity contribution is -0.275. The van der Waals surface area contributed by atoms with Crippen LogP contribution in [0, 0.1) is 23.3 Å². The molecule has 0 N–H and O–H groups in total. The molecule has 3 rings (SSSR count). The van der Waals surface area contributed by atoms with E-state index in [0.29, 0.717) is 18.4 Å². The molecular formula is C23H20F8O2. The summed E-state index contributed by atoms with van der Waals surface area (Å²) in [6.07, 6.45) is -8.09. The highest BCUT2D eigenvalue weighted by atomic mass is 19.3. The molecule has 0 aromatic heterocycles. The summed E-state index contributed by atoms with van der Waals surface area (Å²) in [4.78, 5) is 0. The van der Waals surface area contributed by atoms with E-state index in [1.54, 1.807) is 0 Å². The van der Waals surface area contributed by atoms with E-state index in [0.717, 1.165) is 18.2 Å². The van der Waals surface area contributed by atoms with Gasteiger partial charge in [-0.3, -0.25) is 0 Å². The number of hydrogen-bond donors (Lipinski definition) is 0. The van der Waals surface area contributed by atoms with E-state index < -0.39 is 64.9 Å². The smallest absolute Gasteiger partial charge is 0.422 e. The van der Waals surface area contributed by atoms with Crippen molar-refractivity contribution in [3.8, 4) is 5.75 Å². The topological polar surface area (TPSA) is 18.5 Å². The Morgan fingerprint density at radius 1 is 0.909 bits per heavy atom. The zero-order valence-corrected chi connectivity index (χ0v) is 17.4. The van der Waals surface area contributed by atoms with Gasteiger partial charge in [-0.25, -0.2) is 17.6 Å². The van der Waals surface area contributed by atoms with Gasteiger partial charge in [-0.2, -0.15) is 17.6 Å². The molecular weight excluding hydrogens is 460 g/mol. The molecule has 0 aliphatic heterocycles. The zero-order chi connectivity index (χ0) is 24.4. The van der Waals surface area contributed by atoms with Gasteiger partial charge in [-0.1, -0.05) is 25.5 Å². The normalized spacial score (nSPS) is 17.1. The fraction of sp³-hybridized carbons (Fsp3) is 0.391. The molecule has 0 spiro atoms. The van der Waals surface area contributed by atoms with Gasteiger partial charge >= 0.3 is 12.2 Å². The number of rotatable bonds is 8. The summed E-state index contributed by atoms with van der Waals surface area (Å²) in [6.45, 7) is 1.86. The lowest BCUT2D eigenvalue weighted by atomic mass is 9.96. The van der Waals surface area contributed by atoms with Crippen LogP contribution in [-0.2, 0) is 17.3 Å². The quantitative estimate of drug-likeness (QED) is 0.223. The Morgan fingerprint density at radius 3 is 2.12 bits per heavy atom. The minimum Gasteiger partial charge on any atom is -0.429 e. The van der Waals surface area contributed by atoms with Crippen molar-refractivity contribution in [2.24, 2.45) is 0 Å². The number of alkyl halides is 4. The van der Waals surface area contributed by atoms with E-state index >= 15 is 0 Å². The molecule has 1 atom stereocenters. The number of ether oxygens (including phenoxy) is 2. The third-order valence-electron chi connectivity index (χ3n) is 5.14. The molecule has 0 saturated heterocycles. The minimum absolute atomic E-state index is 0.262. The first kappa shape index (κ1) is 25.0. The number of aryl methyl sites for hydroxylation is 1. The van der Waals surface area contributed by atoms with E-state index in [1.807, 2.05) is 6.92 Å². The van der Waals surface area contributed by atoms with Crippen molar-refractivity contribution >= 4 is 0 Å². The maximum absolute atomic E-state index is 14.5. The van der Waals surface area contributed by atoms with E-state index in [4.69, 9.17) is 4.74 Å². The summed E-state index contributed by atoms with van der Waals surface area (Å²) in [5.41, 5.74) is -1.01. The standard InChI is InChI=1S/C23H20F8O2/c1-2-3-13-4-9-17(18(24)10-13)23(30,31)32-15-7-5-14(6-8-15)22(28,29)33-16-11-19(25)21(27)20(26)12-16/h4-5,9-12,15H,2-3,6-8H2,1H3. The summed E-state index contributed by atoms with van der Waals surface area (Å²) in [6, 6.07) is 3.85. The highest BCUT2D eigenvalue weighted by Gasteiger charge is 2.42. The largest absolute Gasteiger partial charge is 0.429 e. The maximum Gasteiger partial charge on any atom is 0.422 e. The van der Waals surface area contributed by atoms with Crippen LogP contribution in [0.4, 0.5) is 35.1 Å². The van der Waals surface area contributed by atoms with Crippen molar-refractivity contribution in [3.63, 3.8) is 0 Å². The van der Waals surface area contributed by atoms with E-state index in [-0.39, 0.29) is 25.0 Å². The summed E-state index contributed by atoms with van der Waals surface area (Å²) < 4.78 is 120. The third kappa shape index (κ3) is 5.85. The predicted octanol–water partition coefficient (Wildman–Crippen LogP) is 7.41. The lowest BCUT2D eigenvalue weighted by Crippen LogP contribution is -2.33. The monoisotopic (exact) mass is 480 g/mol. The first-order chi connectivity index (χ1) is 15.4. The van der Waals surface area contributed by atoms with Crippen molar-refractivity contribution in [2.75, 3.05) is 0 Å². The first-order valence-electron chi connectivity index (χ1n) is 10.2. The molecule has 1 unspecified atom stereocenters. The van der Waals surface area contributed by atoms with Gasteiger partial charge in [0.1, 0.15) is 11.6 Å². The van der Waals surface area contributed by atoms with Crippen LogP contribution < -0.4 is 4.74 Å². The second-order valence-electron chi connectivity index (χ2n) is 7.64. The molecule has 10 heteroatoms. The van der Waals surface area contributed by atoms with Crippen molar-refractivity contribution < 1.29 is 44.6 Å². The molecule has 0 radical (unpaired) electrons. The Balaban J connectivity index is 1.67. The molecule has 0 fully saturated rings. The Morgan fingerprint density at radius 2 is 1.58 bits per heavy atom. The van der Waals surface area contributed by atoms with E-state index in [2.05, 4.69) is 4.74 Å². The van der Waals surface area contributed by atoms with E-state index in [9.17, 15) is 35.1 Å². The van der Waals surface area contributed by atoms with Gasteiger partial charge in [0.2, 0.25) is 0 Å². The van der Waals surface area contributed by atoms with Gasteiger partial charge in [-0.15, -0.1) is 0 Å². The molecule has 0 bridgehead atoms. The first-order valence-corrected chi connectivity index (χ1v) is 10.2. The summed E-state index contributed by atoms with van der Waals surface area (Å²) in [5.74, 6) is -7.31. The van der Waals surface area contributed by atoms with Crippen molar-refractivity contribution in [1.82, 2.24) is 0 Å². The van der Waals surface area contributed by atoms with Gasteiger partial charge < -0.3 is 9.47 Å². The van der Waals surface area contributed by atoms with Crippen molar-refractivity contribution in [1.29, 1.82) is 0 Å². The van der Waals surface area contributed by atoms with Crippen LogP contribution in [0.3, 0.4) is 0 Å². The highest BCUT2D eigenvalue weighted by molar-refractivity contribution is 5.28. The molecule has 2 nitrogen and oxygen atoms in total. The lowest BCUT2D eigenvalue weighted by Gasteiger charge is -2.29. The Kier molecular flexibility index (Phi) is 7.36. The molecule has 1 aliphatic rings. The number of benzene rings is 2. The number of hydrogen-bond acceptors (Lipinski definition) is 2. The van der Waals surface area contributed by atoms with Crippen LogP contribution in [0.15, 0.2) is 42.0 Å². The molecule has 2 aromatic carbocycles. The maximum atomic E-state index is 14.5. The summed E-state index contributed by atoms with van der Waals surface area (Å²) >= 11 is 0. The van der Waals surface area contributed by atoms with E-state index in [1.165, 1.54) is 6.07 Å². The molecule has 0 saturated carbocycles. The zero-order valence-electron chi connectivity index (χ0n) is 17.4.